The van der Waals surface area contributed by atoms with Gasteiger partial charge in [0.05, 0.1) is 11.4 Å². The molecule has 0 N–H and O–H groups in total. The molecule has 0 saturated carbocycles. The van der Waals surface area contributed by atoms with Crippen LogP contribution in [0.5, 0.6) is 0 Å². The maximum Gasteiger partial charge on any atom is 0.0702 e. The molecule has 0 spiro atoms. The summed E-state index contributed by atoms with van der Waals surface area (Å²) >= 11 is 0. The average molecular weight is 276 g/mol. The average Bonchev–Trinajstić information content (AvgIpc) is 2.53. The third-order valence-corrected chi connectivity index (χ3v) is 3.32. The quantitative estimate of drug-likeness (QED) is 0.716. The maximum atomic E-state index is 4.50. The minimum Gasteiger partial charge on any atom is -0.257 e. The van der Waals surface area contributed by atoms with Crippen molar-refractivity contribution >= 4 is 11.9 Å². The van der Waals surface area contributed by atoms with Gasteiger partial charge in [-0.1, -0.05) is 42.5 Å². The summed E-state index contributed by atoms with van der Waals surface area (Å²) in [6.07, 6.45) is 5.64. The van der Waals surface area contributed by atoms with Gasteiger partial charge in [-0.3, -0.25) is 9.98 Å². The highest BCUT2D eigenvalue weighted by molar-refractivity contribution is 5.83. The predicted octanol–water partition coefficient (Wildman–Crippen LogP) is 5.06. The van der Waals surface area contributed by atoms with E-state index in [1.165, 1.54) is 5.56 Å². The molecule has 0 aliphatic rings. The van der Waals surface area contributed by atoms with Crippen molar-refractivity contribution in [2.75, 3.05) is 0 Å². The van der Waals surface area contributed by atoms with Gasteiger partial charge in [0.2, 0.25) is 0 Å². The third-order valence-electron chi connectivity index (χ3n) is 3.32. The normalized spacial score (nSPS) is 11.9. The number of pyridine rings is 1. The van der Waals surface area contributed by atoms with Gasteiger partial charge in [-0.25, -0.2) is 0 Å². The van der Waals surface area contributed by atoms with Crippen LogP contribution in [0.25, 0.3) is 17.0 Å². The first-order valence-electron chi connectivity index (χ1n) is 6.99. The summed E-state index contributed by atoms with van der Waals surface area (Å²) in [5.74, 6) is 0. The molecule has 0 atom stereocenters. The van der Waals surface area contributed by atoms with Crippen molar-refractivity contribution < 1.29 is 0 Å². The molecule has 2 heteroatoms. The lowest BCUT2D eigenvalue weighted by molar-refractivity contribution is 1.29. The molecule has 106 valence electrons. The van der Waals surface area contributed by atoms with Gasteiger partial charge in [0.25, 0.3) is 0 Å². The zero-order valence-corrected chi connectivity index (χ0v) is 12.8. The first kappa shape index (κ1) is 14.9. The molecule has 1 heterocycles. The predicted molar refractivity (Wildman–Crippen MR) is 91.4 cm³/mol. The minimum atomic E-state index is 0.721. The number of nitrogens with zero attached hydrogens (tertiary/aromatic N) is 2. The van der Waals surface area contributed by atoms with E-state index >= 15 is 0 Å². The van der Waals surface area contributed by atoms with Crippen LogP contribution in [0.15, 0.2) is 65.8 Å². The Morgan fingerprint density at radius 3 is 2.43 bits per heavy atom. The van der Waals surface area contributed by atoms with E-state index in [2.05, 4.69) is 47.7 Å². The lowest BCUT2D eigenvalue weighted by Gasteiger charge is -2.04. The monoisotopic (exact) mass is 276 g/mol. The lowest BCUT2D eigenvalue weighted by Crippen LogP contribution is -1.87. The van der Waals surface area contributed by atoms with Crippen LogP contribution in [0.3, 0.4) is 0 Å². The Balaban J connectivity index is 2.17. The van der Waals surface area contributed by atoms with Crippen molar-refractivity contribution in [3.05, 3.63) is 72.0 Å². The lowest BCUT2D eigenvalue weighted by atomic mass is 10.1. The number of hydrogen-bond acceptors (Lipinski definition) is 2. The summed E-state index contributed by atoms with van der Waals surface area (Å²) in [5, 5.41) is 0. The van der Waals surface area contributed by atoms with Crippen LogP contribution in [0.4, 0.5) is 0 Å². The first-order chi connectivity index (χ1) is 10.1. The standard InChI is InChI=1S/C19H20N2/c1-5-14(2)12-20-16(4)18-10-11-19(21-13-18)17-8-6-15(3)7-9-17/h5-13H,4H2,1-3H3/b14-5-,20-12?. The number of aryl methyl sites for hydroxylation is 1. The molecule has 0 amide bonds. The summed E-state index contributed by atoms with van der Waals surface area (Å²) in [4.78, 5) is 8.85. The summed E-state index contributed by atoms with van der Waals surface area (Å²) in [5.41, 5.74) is 6.09. The number of allylic oxidation sites excluding steroid dienone is 2. The van der Waals surface area contributed by atoms with Gasteiger partial charge >= 0.3 is 0 Å². The summed E-state index contributed by atoms with van der Waals surface area (Å²) < 4.78 is 0. The van der Waals surface area contributed by atoms with Crippen molar-refractivity contribution in [3.8, 4) is 11.3 Å². The van der Waals surface area contributed by atoms with Gasteiger partial charge in [-0.05, 0) is 38.5 Å². The molecule has 0 bridgehead atoms. The molecule has 0 aliphatic heterocycles. The molecule has 0 fully saturated rings. The molecule has 0 aliphatic carbocycles. The van der Waals surface area contributed by atoms with Crippen LogP contribution in [0, 0.1) is 6.92 Å². The highest BCUT2D eigenvalue weighted by Crippen LogP contribution is 2.20. The zero-order valence-electron chi connectivity index (χ0n) is 12.8. The van der Waals surface area contributed by atoms with E-state index in [1.807, 2.05) is 44.5 Å². The van der Waals surface area contributed by atoms with Gasteiger partial charge in [-0.2, -0.15) is 0 Å². The maximum absolute atomic E-state index is 4.50. The van der Waals surface area contributed by atoms with Gasteiger partial charge in [0.15, 0.2) is 0 Å². The summed E-state index contributed by atoms with van der Waals surface area (Å²) in [7, 11) is 0. The summed E-state index contributed by atoms with van der Waals surface area (Å²) in [6.45, 7) is 10.1. The Hall–Kier alpha value is -2.48. The van der Waals surface area contributed by atoms with Gasteiger partial charge in [0, 0.05) is 23.5 Å². The van der Waals surface area contributed by atoms with Crippen molar-refractivity contribution in [1.82, 2.24) is 4.98 Å². The fourth-order valence-corrected chi connectivity index (χ4v) is 1.79. The van der Waals surface area contributed by atoms with Crippen LogP contribution in [0.2, 0.25) is 0 Å². The first-order valence-corrected chi connectivity index (χ1v) is 6.99. The van der Waals surface area contributed by atoms with Gasteiger partial charge in [0.1, 0.15) is 0 Å². The van der Waals surface area contributed by atoms with E-state index in [0.717, 1.165) is 28.1 Å². The molecular weight excluding hydrogens is 256 g/mol. The van der Waals surface area contributed by atoms with E-state index in [4.69, 9.17) is 0 Å². The fourth-order valence-electron chi connectivity index (χ4n) is 1.79. The SMILES string of the molecule is C=C(N=C/C(C)=C\C)c1ccc(-c2ccc(C)cc2)nc1. The molecular formula is C19H20N2. The number of rotatable bonds is 4. The number of hydrogen-bond donors (Lipinski definition) is 0. The minimum absolute atomic E-state index is 0.721. The smallest absolute Gasteiger partial charge is 0.0702 e. The number of aliphatic imine (C=N–C) groups is 1. The molecule has 1 aromatic heterocycles. The molecule has 0 saturated heterocycles. The van der Waals surface area contributed by atoms with Crippen LogP contribution in [-0.4, -0.2) is 11.2 Å². The molecule has 2 nitrogen and oxygen atoms in total. The van der Waals surface area contributed by atoms with Crippen LogP contribution in [-0.2, 0) is 0 Å². The Labute approximate surface area is 126 Å². The zero-order chi connectivity index (χ0) is 15.2. The molecule has 2 aromatic rings. The molecule has 21 heavy (non-hydrogen) atoms. The van der Waals surface area contributed by atoms with E-state index in [1.54, 1.807) is 0 Å². The molecule has 0 unspecified atom stereocenters. The van der Waals surface area contributed by atoms with E-state index < -0.39 is 0 Å². The van der Waals surface area contributed by atoms with Crippen molar-refractivity contribution in [2.45, 2.75) is 20.8 Å². The van der Waals surface area contributed by atoms with Gasteiger partial charge < -0.3 is 0 Å². The van der Waals surface area contributed by atoms with Crippen LogP contribution < -0.4 is 0 Å². The Bertz CT molecular complexity index is 675. The van der Waals surface area contributed by atoms with Crippen LogP contribution >= 0.6 is 0 Å². The second-order valence-corrected chi connectivity index (χ2v) is 5.04. The van der Waals surface area contributed by atoms with Crippen molar-refractivity contribution in [2.24, 2.45) is 4.99 Å². The second-order valence-electron chi connectivity index (χ2n) is 5.04. The largest absolute Gasteiger partial charge is 0.257 e. The highest BCUT2D eigenvalue weighted by Gasteiger charge is 2.01. The van der Waals surface area contributed by atoms with Crippen molar-refractivity contribution in [3.63, 3.8) is 0 Å². The molecule has 2 rings (SSSR count). The van der Waals surface area contributed by atoms with Crippen LogP contribution in [0.1, 0.15) is 25.0 Å². The van der Waals surface area contributed by atoms with E-state index in [-0.39, 0.29) is 0 Å². The van der Waals surface area contributed by atoms with Gasteiger partial charge in [-0.15, -0.1) is 0 Å². The van der Waals surface area contributed by atoms with E-state index in [9.17, 15) is 0 Å². The number of aromatic nitrogens is 1. The summed E-state index contributed by atoms with van der Waals surface area (Å²) in [6, 6.07) is 12.4. The Morgan fingerprint density at radius 1 is 1.14 bits per heavy atom. The van der Waals surface area contributed by atoms with Crippen molar-refractivity contribution in [1.29, 1.82) is 0 Å². The Morgan fingerprint density at radius 2 is 1.86 bits per heavy atom. The fraction of sp³-hybridized carbons (Fsp3) is 0.158. The van der Waals surface area contributed by atoms with E-state index in [0.29, 0.717) is 0 Å². The topological polar surface area (TPSA) is 25.2 Å². The Kier molecular flexibility index (Phi) is 4.83. The second kappa shape index (κ2) is 6.80. The third kappa shape index (κ3) is 3.99. The number of benzene rings is 1. The highest BCUT2D eigenvalue weighted by atomic mass is 14.7. The molecule has 1 aromatic carbocycles. The molecule has 0 radical (unpaired) electrons.